The lowest BCUT2D eigenvalue weighted by Gasteiger charge is -2.30. The van der Waals surface area contributed by atoms with Crippen molar-refractivity contribution in [2.24, 2.45) is 0 Å². The van der Waals surface area contributed by atoms with Gasteiger partial charge in [-0.2, -0.15) is 13.2 Å². The number of aryl methyl sites for hydroxylation is 1. The third-order valence-corrected chi connectivity index (χ3v) is 6.70. The monoisotopic (exact) mass is 507 g/mol. The van der Waals surface area contributed by atoms with Gasteiger partial charge in [0.05, 0.1) is 22.9 Å². The zero-order valence-electron chi connectivity index (χ0n) is 20.2. The van der Waals surface area contributed by atoms with Crippen LogP contribution in [0.3, 0.4) is 0 Å². The van der Waals surface area contributed by atoms with Gasteiger partial charge in [0.15, 0.2) is 0 Å². The molecule has 1 aromatic heterocycles. The van der Waals surface area contributed by atoms with E-state index in [1.54, 1.807) is 4.57 Å². The summed E-state index contributed by atoms with van der Waals surface area (Å²) in [7, 11) is 0. The Morgan fingerprint density at radius 2 is 1.57 bits per heavy atom. The second-order valence-electron chi connectivity index (χ2n) is 9.29. The first kappa shape index (κ1) is 24.9. The number of hydrogen-bond donors (Lipinski definition) is 0. The van der Waals surface area contributed by atoms with Crippen molar-refractivity contribution in [2.75, 3.05) is 6.54 Å². The van der Waals surface area contributed by atoms with Gasteiger partial charge in [0.2, 0.25) is 0 Å². The van der Waals surface area contributed by atoms with Crippen LogP contribution in [0, 0.1) is 12.7 Å². The van der Waals surface area contributed by atoms with Crippen molar-refractivity contribution in [1.82, 2.24) is 14.5 Å². The lowest BCUT2D eigenvalue weighted by Crippen LogP contribution is -2.40. The smallest absolute Gasteiger partial charge is 0.294 e. The van der Waals surface area contributed by atoms with E-state index in [1.165, 1.54) is 0 Å². The van der Waals surface area contributed by atoms with Crippen LogP contribution in [0.1, 0.15) is 45.4 Å². The van der Waals surface area contributed by atoms with Gasteiger partial charge in [-0.25, -0.2) is 9.37 Å². The maximum absolute atomic E-state index is 13.9. The van der Waals surface area contributed by atoms with Gasteiger partial charge in [0, 0.05) is 26.1 Å². The van der Waals surface area contributed by atoms with Crippen LogP contribution in [0.15, 0.2) is 83.7 Å². The number of rotatable bonds is 5. The molecule has 8 heteroatoms. The summed E-state index contributed by atoms with van der Waals surface area (Å²) >= 11 is 0. The Kier molecular flexibility index (Phi) is 6.69. The van der Waals surface area contributed by atoms with Crippen LogP contribution < -0.4 is 5.56 Å². The highest BCUT2D eigenvalue weighted by Crippen LogP contribution is 2.31. The molecule has 2 heterocycles. The Morgan fingerprint density at radius 1 is 0.946 bits per heavy atom. The molecule has 0 saturated heterocycles. The number of alkyl halides is 3. The van der Waals surface area contributed by atoms with E-state index < -0.39 is 17.6 Å². The molecule has 0 amide bonds. The Labute approximate surface area is 211 Å². The molecular weight excluding hydrogens is 482 g/mol. The van der Waals surface area contributed by atoms with E-state index in [1.807, 2.05) is 72.5 Å². The Hall–Kier alpha value is -3.78. The minimum absolute atomic E-state index is 0.0917. The van der Waals surface area contributed by atoms with Crippen molar-refractivity contribution in [3.63, 3.8) is 0 Å². The van der Waals surface area contributed by atoms with Gasteiger partial charge < -0.3 is 0 Å². The molecule has 190 valence electrons. The largest absolute Gasteiger partial charge is 0.416 e. The average Bonchev–Trinajstić information content (AvgIpc) is 2.87. The van der Waals surface area contributed by atoms with E-state index in [9.17, 15) is 22.4 Å². The zero-order valence-corrected chi connectivity index (χ0v) is 20.2. The number of aromatic nitrogens is 2. The number of fused-ring (bicyclic) bond motifs is 1. The maximum atomic E-state index is 13.9. The van der Waals surface area contributed by atoms with Crippen LogP contribution in [-0.4, -0.2) is 21.0 Å². The highest BCUT2D eigenvalue weighted by atomic mass is 19.4. The standard InChI is InChI=1S/C29H25F4N3O/c1-19-34-26-12-13-35(17-20-14-23(29(31,32)33)16-24(30)15-20)18-25(26)28(37)36(19)27(21-8-4-2-5-9-21)22-10-6-3-7-11-22/h2-11,14-16,27H,12-13,17-18H2,1H3. The normalized spacial score (nSPS) is 14.1. The molecule has 0 aliphatic carbocycles. The summed E-state index contributed by atoms with van der Waals surface area (Å²) < 4.78 is 55.2. The number of hydrogen-bond acceptors (Lipinski definition) is 3. The van der Waals surface area contributed by atoms with E-state index >= 15 is 0 Å². The summed E-state index contributed by atoms with van der Waals surface area (Å²) in [6, 6.07) is 21.6. The minimum atomic E-state index is -4.63. The molecule has 0 bridgehead atoms. The van der Waals surface area contributed by atoms with Crippen molar-refractivity contribution < 1.29 is 17.6 Å². The van der Waals surface area contributed by atoms with Crippen LogP contribution in [-0.2, 0) is 25.7 Å². The molecule has 0 radical (unpaired) electrons. The molecule has 4 nitrogen and oxygen atoms in total. The molecule has 0 fully saturated rings. The van der Waals surface area contributed by atoms with Crippen molar-refractivity contribution in [3.8, 4) is 0 Å². The predicted octanol–water partition coefficient (Wildman–Crippen LogP) is 5.91. The van der Waals surface area contributed by atoms with Gasteiger partial charge in [0.25, 0.3) is 5.56 Å². The lowest BCUT2D eigenvalue weighted by atomic mass is 9.97. The molecule has 37 heavy (non-hydrogen) atoms. The first-order chi connectivity index (χ1) is 17.7. The van der Waals surface area contributed by atoms with Gasteiger partial charge >= 0.3 is 6.18 Å². The number of nitrogens with zero attached hydrogens (tertiary/aromatic N) is 3. The average molecular weight is 508 g/mol. The van der Waals surface area contributed by atoms with Gasteiger partial charge in [-0.05, 0) is 41.8 Å². The highest BCUT2D eigenvalue weighted by molar-refractivity contribution is 5.35. The van der Waals surface area contributed by atoms with Crippen molar-refractivity contribution in [2.45, 2.75) is 38.7 Å². The van der Waals surface area contributed by atoms with Crippen molar-refractivity contribution in [1.29, 1.82) is 0 Å². The summed E-state index contributed by atoms with van der Waals surface area (Å²) in [6.07, 6.45) is -4.15. The van der Waals surface area contributed by atoms with Crippen LogP contribution in [0.5, 0.6) is 0 Å². The molecular formula is C29H25F4N3O. The second-order valence-corrected chi connectivity index (χ2v) is 9.29. The molecule has 0 saturated carbocycles. The van der Waals surface area contributed by atoms with Crippen molar-refractivity contribution in [3.05, 3.63) is 134 Å². The quantitative estimate of drug-likeness (QED) is 0.316. The second kappa shape index (κ2) is 9.94. The maximum Gasteiger partial charge on any atom is 0.416 e. The molecule has 4 aromatic rings. The summed E-state index contributed by atoms with van der Waals surface area (Å²) in [5, 5.41) is 0. The molecule has 3 aromatic carbocycles. The van der Waals surface area contributed by atoms with E-state index in [0.717, 1.165) is 23.3 Å². The fourth-order valence-electron chi connectivity index (χ4n) is 5.03. The minimum Gasteiger partial charge on any atom is -0.294 e. The predicted molar refractivity (Wildman–Crippen MR) is 133 cm³/mol. The van der Waals surface area contributed by atoms with Crippen LogP contribution in [0.4, 0.5) is 17.6 Å². The Morgan fingerprint density at radius 3 is 2.16 bits per heavy atom. The lowest BCUT2D eigenvalue weighted by molar-refractivity contribution is -0.137. The summed E-state index contributed by atoms with van der Waals surface area (Å²) in [4.78, 5) is 20.6. The SMILES string of the molecule is Cc1nc2c(c(=O)n1C(c1ccccc1)c1ccccc1)CN(Cc1cc(F)cc(C(F)(F)F)c1)CC2. The Balaban J connectivity index is 1.52. The van der Waals surface area contributed by atoms with E-state index in [-0.39, 0.29) is 30.3 Å². The Bertz CT molecular complexity index is 1430. The molecule has 0 N–H and O–H groups in total. The topological polar surface area (TPSA) is 38.1 Å². The van der Waals surface area contributed by atoms with Crippen LogP contribution in [0.25, 0.3) is 0 Å². The van der Waals surface area contributed by atoms with Gasteiger partial charge in [-0.3, -0.25) is 14.3 Å². The summed E-state index contributed by atoms with van der Waals surface area (Å²) in [5.74, 6) is -0.342. The summed E-state index contributed by atoms with van der Waals surface area (Å²) in [5.41, 5.74) is 2.10. The fraction of sp³-hybridized carbons (Fsp3) is 0.241. The third-order valence-electron chi connectivity index (χ3n) is 6.70. The molecule has 5 rings (SSSR count). The third kappa shape index (κ3) is 5.20. The summed E-state index contributed by atoms with van der Waals surface area (Å²) in [6.45, 7) is 2.63. The molecule has 0 spiro atoms. The fourth-order valence-corrected chi connectivity index (χ4v) is 5.03. The van der Waals surface area contributed by atoms with E-state index in [4.69, 9.17) is 4.98 Å². The first-order valence-corrected chi connectivity index (χ1v) is 12.0. The van der Waals surface area contributed by atoms with Crippen LogP contribution >= 0.6 is 0 Å². The highest BCUT2D eigenvalue weighted by Gasteiger charge is 2.32. The van der Waals surface area contributed by atoms with E-state index in [2.05, 4.69) is 0 Å². The number of benzene rings is 3. The van der Waals surface area contributed by atoms with Gasteiger partial charge in [-0.1, -0.05) is 60.7 Å². The van der Waals surface area contributed by atoms with E-state index in [0.29, 0.717) is 36.1 Å². The molecule has 1 aliphatic rings. The zero-order chi connectivity index (χ0) is 26.2. The molecule has 1 aliphatic heterocycles. The van der Waals surface area contributed by atoms with Gasteiger partial charge in [-0.15, -0.1) is 0 Å². The van der Waals surface area contributed by atoms with Crippen LogP contribution in [0.2, 0.25) is 0 Å². The first-order valence-electron chi connectivity index (χ1n) is 12.0. The van der Waals surface area contributed by atoms with Crippen molar-refractivity contribution >= 4 is 0 Å². The molecule has 0 unspecified atom stereocenters. The number of halogens is 4. The molecule has 0 atom stereocenters. The van der Waals surface area contributed by atoms with Gasteiger partial charge in [0.1, 0.15) is 11.6 Å².